The number of thiazole rings is 1. The second kappa shape index (κ2) is 9.31. The number of rotatable bonds is 5. The molecule has 2 aromatic heterocycles. The van der Waals surface area contributed by atoms with Crippen LogP contribution in [0.15, 0.2) is 30.5 Å². The lowest BCUT2D eigenvalue weighted by Gasteiger charge is -2.40. The summed E-state index contributed by atoms with van der Waals surface area (Å²) in [7, 11) is 0. The number of benzene rings is 1. The van der Waals surface area contributed by atoms with Gasteiger partial charge in [-0.25, -0.2) is 23.5 Å². The zero-order chi connectivity index (χ0) is 22.8. The third kappa shape index (κ3) is 4.79. The van der Waals surface area contributed by atoms with Gasteiger partial charge >= 0.3 is 6.03 Å². The molecule has 3 aromatic rings. The van der Waals surface area contributed by atoms with Crippen molar-refractivity contribution < 1.29 is 23.8 Å². The summed E-state index contributed by atoms with van der Waals surface area (Å²) in [6.45, 7) is 2.59. The van der Waals surface area contributed by atoms with Crippen LogP contribution in [-0.2, 0) is 6.42 Å². The molecule has 11 heteroatoms. The van der Waals surface area contributed by atoms with Crippen LogP contribution in [0.1, 0.15) is 12.5 Å². The first-order valence-corrected chi connectivity index (χ1v) is 11.0. The number of urea groups is 1. The highest BCUT2D eigenvalue weighted by molar-refractivity contribution is 7.22. The fourth-order valence-corrected chi connectivity index (χ4v) is 4.55. The lowest BCUT2D eigenvalue weighted by atomic mass is 10.1. The minimum atomic E-state index is -0.961. The van der Waals surface area contributed by atoms with E-state index in [1.165, 1.54) is 35.7 Å². The van der Waals surface area contributed by atoms with Gasteiger partial charge in [0.1, 0.15) is 5.82 Å². The van der Waals surface area contributed by atoms with Gasteiger partial charge in [0.25, 0.3) is 0 Å². The lowest BCUT2D eigenvalue weighted by molar-refractivity contribution is 0.0954. The highest BCUT2D eigenvalue weighted by Gasteiger charge is 2.29. The number of aromatic nitrogens is 2. The monoisotopic (exact) mass is 463 g/mol. The number of nitrogens with zero attached hydrogens (tertiary/aromatic N) is 4. The molecule has 1 saturated heterocycles. The van der Waals surface area contributed by atoms with Crippen molar-refractivity contribution >= 4 is 38.5 Å². The van der Waals surface area contributed by atoms with Crippen molar-refractivity contribution in [3.63, 3.8) is 0 Å². The van der Waals surface area contributed by atoms with Crippen LogP contribution >= 0.6 is 11.3 Å². The number of halogens is 2. The van der Waals surface area contributed by atoms with Gasteiger partial charge in [0.2, 0.25) is 0 Å². The van der Waals surface area contributed by atoms with Crippen LogP contribution in [-0.4, -0.2) is 69.5 Å². The third-order valence-corrected chi connectivity index (χ3v) is 6.26. The predicted octanol–water partition coefficient (Wildman–Crippen LogP) is 2.61. The van der Waals surface area contributed by atoms with Gasteiger partial charge in [0.05, 0.1) is 22.9 Å². The van der Waals surface area contributed by atoms with Crippen LogP contribution in [0.25, 0.3) is 10.2 Å². The first-order valence-electron chi connectivity index (χ1n) is 10.2. The average molecular weight is 464 g/mol. The topological polar surface area (TPSA) is 102 Å². The molecule has 3 N–H and O–H groups in total. The maximum absolute atomic E-state index is 14.7. The molecule has 0 unspecified atom stereocenters. The summed E-state index contributed by atoms with van der Waals surface area (Å²) in [5.74, 6) is -0.712. The minimum absolute atomic E-state index is 0.114. The van der Waals surface area contributed by atoms with Crippen LogP contribution in [0.4, 0.5) is 24.5 Å². The number of fused-ring (bicyclic) bond motifs is 1. The van der Waals surface area contributed by atoms with Crippen molar-refractivity contribution in [3.05, 3.63) is 47.7 Å². The summed E-state index contributed by atoms with van der Waals surface area (Å²) in [5, 5.41) is 21.6. The van der Waals surface area contributed by atoms with Crippen LogP contribution in [0.5, 0.6) is 0 Å². The maximum atomic E-state index is 14.7. The van der Waals surface area contributed by atoms with E-state index in [-0.39, 0.29) is 30.1 Å². The van der Waals surface area contributed by atoms with Crippen LogP contribution in [0.2, 0.25) is 0 Å². The summed E-state index contributed by atoms with van der Waals surface area (Å²) in [6.07, 6.45) is 0.638. The Bertz CT molecular complexity index is 1130. The smallest absolute Gasteiger partial charge is 0.323 e. The van der Waals surface area contributed by atoms with Crippen molar-refractivity contribution in [2.75, 3.05) is 36.5 Å². The van der Waals surface area contributed by atoms with Gasteiger partial charge in [-0.3, -0.25) is 5.32 Å². The molecule has 170 valence electrons. The Balaban J connectivity index is 1.39. The number of carbonyl (C=O) groups is 1. The number of hydrogen-bond acceptors (Lipinski definition) is 7. The van der Waals surface area contributed by atoms with Crippen molar-refractivity contribution in [3.8, 4) is 0 Å². The number of piperazine rings is 1. The van der Waals surface area contributed by atoms with Crippen molar-refractivity contribution in [1.29, 1.82) is 0 Å². The van der Waals surface area contributed by atoms with Gasteiger partial charge in [0, 0.05) is 44.4 Å². The van der Waals surface area contributed by atoms with Crippen LogP contribution in [0.3, 0.4) is 0 Å². The Morgan fingerprint density at radius 1 is 1.34 bits per heavy atom. The lowest BCUT2D eigenvalue weighted by Crippen LogP contribution is -2.55. The molecule has 1 aliphatic rings. The third-order valence-electron chi connectivity index (χ3n) is 5.31. The van der Waals surface area contributed by atoms with E-state index < -0.39 is 18.5 Å². The Morgan fingerprint density at radius 3 is 2.88 bits per heavy atom. The van der Waals surface area contributed by atoms with Crippen molar-refractivity contribution in [2.45, 2.75) is 25.5 Å². The number of anilines is 2. The molecule has 0 radical (unpaired) electrons. The first-order chi connectivity index (χ1) is 15.3. The summed E-state index contributed by atoms with van der Waals surface area (Å²) in [6, 6.07) is 5.09. The zero-order valence-electron chi connectivity index (χ0n) is 17.3. The summed E-state index contributed by atoms with van der Waals surface area (Å²) < 4.78 is 28.8. The molecule has 1 fully saturated rings. The highest BCUT2D eigenvalue weighted by atomic mass is 32.1. The first kappa shape index (κ1) is 22.3. The van der Waals surface area contributed by atoms with Gasteiger partial charge in [0.15, 0.2) is 16.8 Å². The molecule has 32 heavy (non-hydrogen) atoms. The second-order valence-electron chi connectivity index (χ2n) is 7.74. The van der Waals surface area contributed by atoms with E-state index in [0.29, 0.717) is 35.8 Å². The molecular formula is C21H23F2N5O3S. The quantitative estimate of drug-likeness (QED) is 0.538. The van der Waals surface area contributed by atoms with Gasteiger partial charge < -0.3 is 20.0 Å². The highest BCUT2D eigenvalue weighted by Crippen LogP contribution is 2.27. The van der Waals surface area contributed by atoms with Gasteiger partial charge in [-0.15, -0.1) is 0 Å². The number of pyridine rings is 1. The second-order valence-corrected chi connectivity index (χ2v) is 8.77. The molecule has 0 bridgehead atoms. The Labute approximate surface area is 187 Å². The number of aliphatic hydroxyl groups is 2. The maximum Gasteiger partial charge on any atom is 0.323 e. The van der Waals surface area contributed by atoms with Crippen molar-refractivity contribution in [1.82, 2.24) is 14.9 Å². The van der Waals surface area contributed by atoms with E-state index in [4.69, 9.17) is 5.11 Å². The SMILES string of the molecule is C[C@@H]1CN(C(=O)Nc2nc3cc(F)ccc3s2)CCN1c1ncc(C[C@H](O)CO)cc1F. The fourth-order valence-electron chi connectivity index (χ4n) is 3.71. The Kier molecular flexibility index (Phi) is 6.49. The number of aliphatic hydroxyl groups excluding tert-OH is 2. The molecule has 3 heterocycles. The Hall–Kier alpha value is -2.89. The largest absolute Gasteiger partial charge is 0.394 e. The van der Waals surface area contributed by atoms with E-state index in [1.54, 1.807) is 15.9 Å². The summed E-state index contributed by atoms with van der Waals surface area (Å²) in [5.41, 5.74) is 0.981. The predicted molar refractivity (Wildman–Crippen MR) is 118 cm³/mol. The van der Waals surface area contributed by atoms with Crippen LogP contribution in [0, 0.1) is 11.6 Å². The number of hydrogen-bond donors (Lipinski definition) is 3. The minimum Gasteiger partial charge on any atom is -0.394 e. The normalized spacial score (nSPS) is 17.6. The molecular weight excluding hydrogens is 440 g/mol. The number of carbonyl (C=O) groups excluding carboxylic acids is 1. The molecule has 0 saturated carbocycles. The van der Waals surface area contributed by atoms with Gasteiger partial charge in [-0.05, 0) is 30.7 Å². The molecule has 0 aliphatic carbocycles. The molecule has 1 aliphatic heterocycles. The van der Waals surface area contributed by atoms with E-state index >= 15 is 0 Å². The van der Waals surface area contributed by atoms with E-state index in [0.717, 1.165) is 4.70 Å². The summed E-state index contributed by atoms with van der Waals surface area (Å²) in [4.78, 5) is 24.6. The van der Waals surface area contributed by atoms with Gasteiger partial charge in [-0.1, -0.05) is 11.3 Å². The molecule has 1 aromatic carbocycles. The molecule has 0 spiro atoms. The van der Waals surface area contributed by atoms with E-state index in [1.807, 2.05) is 6.92 Å². The summed E-state index contributed by atoms with van der Waals surface area (Å²) >= 11 is 1.27. The van der Waals surface area contributed by atoms with E-state index in [9.17, 15) is 18.7 Å². The average Bonchev–Trinajstić information content (AvgIpc) is 3.15. The standard InChI is InChI=1S/C21H23F2N5O3S/c1-12-10-27(21(31)26-20-25-17-8-14(22)2-3-18(17)32-20)4-5-28(12)19-16(23)7-13(9-24-19)6-15(30)11-29/h2-3,7-9,12,15,29-30H,4-6,10-11H2,1H3,(H,25,26,31)/t12-,15+/m1/s1. The molecule has 2 amide bonds. The number of amides is 2. The Morgan fingerprint density at radius 2 is 2.16 bits per heavy atom. The molecule has 4 rings (SSSR count). The van der Waals surface area contributed by atoms with Crippen molar-refractivity contribution in [2.24, 2.45) is 0 Å². The zero-order valence-corrected chi connectivity index (χ0v) is 18.1. The molecule has 8 nitrogen and oxygen atoms in total. The fraction of sp³-hybridized carbons (Fsp3) is 0.381. The van der Waals surface area contributed by atoms with Crippen LogP contribution < -0.4 is 10.2 Å². The van der Waals surface area contributed by atoms with Gasteiger partial charge in [-0.2, -0.15) is 0 Å². The molecule has 2 atom stereocenters. The number of nitrogens with one attached hydrogen (secondary N) is 1. The van der Waals surface area contributed by atoms with E-state index in [2.05, 4.69) is 15.3 Å².